The number of unbranched alkanes of at least 4 members (excludes halogenated alkanes) is 6. The van der Waals surface area contributed by atoms with Crippen molar-refractivity contribution in [3.8, 4) is 0 Å². The highest BCUT2D eigenvalue weighted by atomic mass is 19.1. The molecule has 0 aromatic rings. The van der Waals surface area contributed by atoms with Gasteiger partial charge in [-0.2, -0.15) is 0 Å². The summed E-state index contributed by atoms with van der Waals surface area (Å²) in [6.07, 6.45) is 11.8. The third kappa shape index (κ3) is 5.29. The topological polar surface area (TPSA) is 26.0 Å². The third-order valence-corrected chi connectivity index (χ3v) is 3.82. The van der Waals surface area contributed by atoms with Gasteiger partial charge < -0.3 is 5.73 Å². The van der Waals surface area contributed by atoms with Gasteiger partial charge in [-0.15, -0.1) is 0 Å². The Morgan fingerprint density at radius 1 is 1.12 bits per heavy atom. The van der Waals surface area contributed by atoms with Crippen LogP contribution in [0.3, 0.4) is 0 Å². The zero-order valence-corrected chi connectivity index (χ0v) is 10.8. The second-order valence-electron chi connectivity index (χ2n) is 5.53. The molecule has 1 aliphatic rings. The third-order valence-electron chi connectivity index (χ3n) is 3.82. The Bertz CT molecular complexity index is 184. The summed E-state index contributed by atoms with van der Waals surface area (Å²) in [7, 11) is 0. The van der Waals surface area contributed by atoms with E-state index in [4.69, 9.17) is 5.73 Å². The molecule has 2 heteroatoms. The monoisotopic (exact) mass is 229 g/mol. The van der Waals surface area contributed by atoms with Gasteiger partial charge in [0.05, 0.1) is 0 Å². The number of halogens is 1. The maximum absolute atomic E-state index is 14.1. The van der Waals surface area contributed by atoms with Crippen LogP contribution < -0.4 is 5.73 Å². The molecule has 1 rings (SSSR count). The van der Waals surface area contributed by atoms with Crippen LogP contribution in [0.25, 0.3) is 0 Å². The van der Waals surface area contributed by atoms with Crippen molar-refractivity contribution in [3.63, 3.8) is 0 Å². The van der Waals surface area contributed by atoms with E-state index in [1.165, 1.54) is 38.5 Å². The van der Waals surface area contributed by atoms with Crippen molar-refractivity contribution >= 4 is 0 Å². The minimum atomic E-state index is -0.914. The van der Waals surface area contributed by atoms with Gasteiger partial charge in [-0.1, -0.05) is 51.9 Å². The van der Waals surface area contributed by atoms with E-state index in [9.17, 15) is 4.39 Å². The SMILES string of the molecule is CCCCCCCCCC1(F)CCC(N)C1. The second-order valence-corrected chi connectivity index (χ2v) is 5.53. The quantitative estimate of drug-likeness (QED) is 0.615. The summed E-state index contributed by atoms with van der Waals surface area (Å²) < 4.78 is 14.1. The number of nitrogens with two attached hydrogens (primary N) is 1. The standard InChI is InChI=1S/C14H28FN/c1-2-3-4-5-6-7-8-10-14(15)11-9-13(16)12-14/h13H,2-12,16H2,1H3. The zero-order valence-electron chi connectivity index (χ0n) is 10.8. The van der Waals surface area contributed by atoms with Crippen LogP contribution in [0.1, 0.15) is 77.6 Å². The molecule has 16 heavy (non-hydrogen) atoms. The fourth-order valence-electron chi connectivity index (χ4n) is 2.74. The fourth-order valence-corrected chi connectivity index (χ4v) is 2.74. The summed E-state index contributed by atoms with van der Waals surface area (Å²) in [6, 6.07) is 0.120. The largest absolute Gasteiger partial charge is 0.328 e. The first-order valence-corrected chi connectivity index (χ1v) is 7.11. The molecular formula is C14H28FN. The van der Waals surface area contributed by atoms with Gasteiger partial charge in [-0.3, -0.25) is 0 Å². The second kappa shape index (κ2) is 7.26. The summed E-state index contributed by atoms with van der Waals surface area (Å²) in [5.41, 5.74) is 4.84. The van der Waals surface area contributed by atoms with Crippen LogP contribution in [0.15, 0.2) is 0 Å². The Morgan fingerprint density at radius 3 is 2.31 bits per heavy atom. The molecule has 1 nitrogen and oxygen atoms in total. The molecule has 0 bridgehead atoms. The van der Waals surface area contributed by atoms with E-state index < -0.39 is 5.67 Å². The Balaban J connectivity index is 1.94. The molecule has 1 saturated carbocycles. The fraction of sp³-hybridized carbons (Fsp3) is 1.00. The van der Waals surface area contributed by atoms with Crippen LogP contribution in [0.2, 0.25) is 0 Å². The van der Waals surface area contributed by atoms with Crippen molar-refractivity contribution in [2.24, 2.45) is 5.73 Å². The number of hydrogen-bond acceptors (Lipinski definition) is 1. The lowest BCUT2D eigenvalue weighted by atomic mass is 9.95. The van der Waals surface area contributed by atoms with Gasteiger partial charge in [0, 0.05) is 6.04 Å². The first-order chi connectivity index (χ1) is 7.66. The highest BCUT2D eigenvalue weighted by Gasteiger charge is 2.36. The molecule has 0 heterocycles. The molecule has 0 saturated heterocycles. The lowest BCUT2D eigenvalue weighted by Crippen LogP contribution is -2.23. The number of rotatable bonds is 8. The van der Waals surface area contributed by atoms with Gasteiger partial charge in [0.2, 0.25) is 0 Å². The van der Waals surface area contributed by atoms with Crippen molar-refractivity contribution in [1.29, 1.82) is 0 Å². The van der Waals surface area contributed by atoms with Crippen molar-refractivity contribution in [2.45, 2.75) is 89.3 Å². The average Bonchev–Trinajstić information content (AvgIpc) is 2.58. The van der Waals surface area contributed by atoms with Crippen LogP contribution in [0, 0.1) is 0 Å². The van der Waals surface area contributed by atoms with Gasteiger partial charge in [0.15, 0.2) is 0 Å². The van der Waals surface area contributed by atoms with Gasteiger partial charge in [0.25, 0.3) is 0 Å². The van der Waals surface area contributed by atoms with Gasteiger partial charge >= 0.3 is 0 Å². The molecular weight excluding hydrogens is 201 g/mol. The predicted octanol–water partition coefficient (Wildman–Crippen LogP) is 4.35. The van der Waals surface area contributed by atoms with Crippen LogP contribution in [0.5, 0.6) is 0 Å². The Kier molecular flexibility index (Phi) is 6.33. The first-order valence-electron chi connectivity index (χ1n) is 7.11. The van der Waals surface area contributed by atoms with Crippen molar-refractivity contribution < 1.29 is 4.39 Å². The van der Waals surface area contributed by atoms with E-state index in [0.29, 0.717) is 12.8 Å². The van der Waals surface area contributed by atoms with Crippen molar-refractivity contribution in [1.82, 2.24) is 0 Å². The van der Waals surface area contributed by atoms with E-state index in [2.05, 4.69) is 6.92 Å². The highest BCUT2D eigenvalue weighted by molar-refractivity contribution is 4.91. The normalized spacial score (nSPS) is 29.8. The summed E-state index contributed by atoms with van der Waals surface area (Å²) in [6.45, 7) is 2.23. The van der Waals surface area contributed by atoms with E-state index >= 15 is 0 Å². The predicted molar refractivity (Wildman–Crippen MR) is 68.3 cm³/mol. The van der Waals surface area contributed by atoms with Crippen LogP contribution in [-0.4, -0.2) is 11.7 Å². The van der Waals surface area contributed by atoms with E-state index in [1.54, 1.807) is 0 Å². The molecule has 0 aromatic heterocycles. The highest BCUT2D eigenvalue weighted by Crippen LogP contribution is 2.37. The molecule has 1 aliphatic carbocycles. The minimum Gasteiger partial charge on any atom is -0.328 e. The van der Waals surface area contributed by atoms with E-state index in [1.807, 2.05) is 0 Å². The van der Waals surface area contributed by atoms with E-state index in [0.717, 1.165) is 19.3 Å². The van der Waals surface area contributed by atoms with Gasteiger partial charge in [-0.05, 0) is 25.7 Å². The van der Waals surface area contributed by atoms with Gasteiger partial charge in [0.1, 0.15) is 5.67 Å². The minimum absolute atomic E-state index is 0.120. The molecule has 2 unspecified atom stereocenters. The van der Waals surface area contributed by atoms with Crippen LogP contribution >= 0.6 is 0 Å². The first kappa shape index (κ1) is 14.0. The molecule has 96 valence electrons. The summed E-state index contributed by atoms with van der Waals surface area (Å²) in [4.78, 5) is 0. The summed E-state index contributed by atoms with van der Waals surface area (Å²) in [5, 5.41) is 0. The maximum Gasteiger partial charge on any atom is 0.112 e. The molecule has 0 amide bonds. The Labute approximate surface area is 100.0 Å². The average molecular weight is 229 g/mol. The molecule has 2 N–H and O–H groups in total. The van der Waals surface area contributed by atoms with Crippen molar-refractivity contribution in [2.75, 3.05) is 0 Å². The van der Waals surface area contributed by atoms with Gasteiger partial charge in [-0.25, -0.2) is 4.39 Å². The lowest BCUT2D eigenvalue weighted by molar-refractivity contribution is 0.152. The molecule has 0 radical (unpaired) electrons. The summed E-state index contributed by atoms with van der Waals surface area (Å²) in [5.74, 6) is 0. The molecule has 0 spiro atoms. The molecule has 1 fully saturated rings. The number of hydrogen-bond donors (Lipinski definition) is 1. The Hall–Kier alpha value is -0.110. The molecule has 0 aromatic carbocycles. The van der Waals surface area contributed by atoms with Crippen molar-refractivity contribution in [3.05, 3.63) is 0 Å². The molecule has 2 atom stereocenters. The van der Waals surface area contributed by atoms with E-state index in [-0.39, 0.29) is 6.04 Å². The smallest absolute Gasteiger partial charge is 0.112 e. The van der Waals surface area contributed by atoms with Crippen LogP contribution in [0.4, 0.5) is 4.39 Å². The van der Waals surface area contributed by atoms with Crippen LogP contribution in [-0.2, 0) is 0 Å². The Morgan fingerprint density at radius 2 is 1.75 bits per heavy atom. The lowest BCUT2D eigenvalue weighted by Gasteiger charge is -2.18. The maximum atomic E-state index is 14.1. The zero-order chi connectivity index (χ0) is 11.9. The summed E-state index contributed by atoms with van der Waals surface area (Å²) >= 11 is 0. The number of alkyl halides is 1. The molecule has 0 aliphatic heterocycles.